The number of hydrogen-bond donors (Lipinski definition) is 2. The first-order valence-electron chi connectivity index (χ1n) is 7.49. The number of carbonyl (C=O) groups excluding carboxylic acids is 2. The van der Waals surface area contributed by atoms with Gasteiger partial charge in [0.15, 0.2) is 0 Å². The van der Waals surface area contributed by atoms with Gasteiger partial charge in [-0.25, -0.2) is 13.6 Å². The van der Waals surface area contributed by atoms with Gasteiger partial charge in [-0.3, -0.25) is 4.79 Å². The molecular formula is C18H18F2N2O3. The number of carbonyl (C=O) groups is 2. The second kappa shape index (κ2) is 7.29. The third kappa shape index (κ3) is 4.76. The van der Waals surface area contributed by atoms with E-state index in [-0.39, 0.29) is 23.4 Å². The fourth-order valence-electron chi connectivity index (χ4n) is 2.09. The molecular weight excluding hydrogens is 330 g/mol. The van der Waals surface area contributed by atoms with Crippen molar-refractivity contribution in [3.8, 4) is 0 Å². The monoisotopic (exact) mass is 348 g/mol. The van der Waals surface area contributed by atoms with E-state index in [1.165, 1.54) is 6.07 Å². The van der Waals surface area contributed by atoms with Crippen LogP contribution in [0.5, 0.6) is 0 Å². The van der Waals surface area contributed by atoms with Crippen molar-refractivity contribution in [2.24, 2.45) is 0 Å². The molecule has 0 aliphatic carbocycles. The highest BCUT2D eigenvalue weighted by atomic mass is 19.1. The summed E-state index contributed by atoms with van der Waals surface area (Å²) in [6.07, 6.45) is 0. The number of esters is 1. The molecule has 0 aromatic heterocycles. The minimum absolute atomic E-state index is 0.158. The Bertz CT molecular complexity index is 807. The largest absolute Gasteiger partial charge is 0.460 e. The summed E-state index contributed by atoms with van der Waals surface area (Å²) in [5.41, 5.74) is 4.93. The van der Waals surface area contributed by atoms with E-state index < -0.39 is 29.0 Å². The van der Waals surface area contributed by atoms with Crippen molar-refractivity contribution in [1.29, 1.82) is 0 Å². The lowest BCUT2D eigenvalue weighted by molar-refractivity contribution is 0.0390. The molecule has 7 heteroatoms. The number of nitrogen functional groups attached to an aromatic ring is 1. The van der Waals surface area contributed by atoms with Crippen molar-refractivity contribution in [1.82, 2.24) is 5.32 Å². The zero-order chi connectivity index (χ0) is 18.6. The highest BCUT2D eigenvalue weighted by Crippen LogP contribution is 2.15. The van der Waals surface area contributed by atoms with Gasteiger partial charge < -0.3 is 15.8 Å². The van der Waals surface area contributed by atoms with E-state index in [9.17, 15) is 18.4 Å². The maximum atomic E-state index is 13.7. The molecule has 0 aliphatic heterocycles. The highest BCUT2D eigenvalue weighted by Gasteiger charge is 2.25. The van der Waals surface area contributed by atoms with Gasteiger partial charge in [0, 0.05) is 11.8 Å². The molecule has 0 heterocycles. The van der Waals surface area contributed by atoms with Gasteiger partial charge in [-0.2, -0.15) is 0 Å². The fraction of sp³-hybridized carbons (Fsp3) is 0.222. The number of amides is 1. The molecule has 0 radical (unpaired) electrons. The Labute approximate surface area is 143 Å². The van der Waals surface area contributed by atoms with Gasteiger partial charge in [-0.1, -0.05) is 12.1 Å². The lowest BCUT2D eigenvalue weighted by Gasteiger charge is -2.26. The third-order valence-electron chi connectivity index (χ3n) is 3.37. The summed E-state index contributed by atoms with van der Waals surface area (Å²) in [6, 6.07) is 9.10. The number of anilines is 1. The zero-order valence-electron chi connectivity index (χ0n) is 13.8. The van der Waals surface area contributed by atoms with E-state index in [4.69, 9.17) is 10.5 Å². The number of para-hydroxylation sites is 1. The summed E-state index contributed by atoms with van der Waals surface area (Å²) in [4.78, 5) is 24.2. The van der Waals surface area contributed by atoms with Crippen molar-refractivity contribution in [3.63, 3.8) is 0 Å². The summed E-state index contributed by atoms with van der Waals surface area (Å²) >= 11 is 0. The van der Waals surface area contributed by atoms with Gasteiger partial charge in [-0.15, -0.1) is 0 Å². The Morgan fingerprint density at radius 3 is 2.44 bits per heavy atom. The van der Waals surface area contributed by atoms with Crippen molar-refractivity contribution in [2.75, 3.05) is 12.3 Å². The van der Waals surface area contributed by atoms with Crippen molar-refractivity contribution >= 4 is 17.6 Å². The van der Waals surface area contributed by atoms with Gasteiger partial charge in [0.05, 0.1) is 16.7 Å². The second-order valence-electron chi connectivity index (χ2n) is 6.13. The normalized spacial score (nSPS) is 11.0. The van der Waals surface area contributed by atoms with Crippen LogP contribution in [0.15, 0.2) is 42.5 Å². The van der Waals surface area contributed by atoms with E-state index in [0.717, 1.165) is 12.1 Å². The quantitative estimate of drug-likeness (QED) is 0.643. The topological polar surface area (TPSA) is 81.4 Å². The van der Waals surface area contributed by atoms with Gasteiger partial charge in [0.25, 0.3) is 5.91 Å². The third-order valence-corrected chi connectivity index (χ3v) is 3.37. The predicted octanol–water partition coefficient (Wildman–Crippen LogP) is 2.91. The summed E-state index contributed by atoms with van der Waals surface area (Å²) in [5, 5.41) is 2.54. The standard InChI is InChI=1S/C18H18F2N2O3/c1-18(2,10-25-17(24)13-5-3-4-6-15(13)21)22-16(23)12-8-7-11(19)9-14(12)20/h3-9H,10,21H2,1-2H3,(H,22,23). The second-order valence-corrected chi connectivity index (χ2v) is 6.13. The number of nitrogens with two attached hydrogens (primary N) is 1. The number of rotatable bonds is 5. The Morgan fingerprint density at radius 1 is 1.12 bits per heavy atom. The molecule has 0 bridgehead atoms. The smallest absolute Gasteiger partial charge is 0.340 e. The van der Waals surface area contributed by atoms with Crippen LogP contribution in [0.4, 0.5) is 14.5 Å². The van der Waals surface area contributed by atoms with Crippen LogP contribution >= 0.6 is 0 Å². The molecule has 0 aliphatic rings. The zero-order valence-corrected chi connectivity index (χ0v) is 13.8. The summed E-state index contributed by atoms with van der Waals surface area (Å²) in [7, 11) is 0. The Balaban J connectivity index is 2.00. The van der Waals surface area contributed by atoms with E-state index in [2.05, 4.69) is 5.32 Å². The van der Waals surface area contributed by atoms with Gasteiger partial charge >= 0.3 is 5.97 Å². The van der Waals surface area contributed by atoms with Crippen molar-refractivity contribution in [2.45, 2.75) is 19.4 Å². The first kappa shape index (κ1) is 18.4. The van der Waals surface area contributed by atoms with Crippen LogP contribution in [0.25, 0.3) is 0 Å². The van der Waals surface area contributed by atoms with Crippen LogP contribution in [-0.2, 0) is 4.74 Å². The number of benzene rings is 2. The molecule has 1 amide bonds. The lowest BCUT2D eigenvalue weighted by Crippen LogP contribution is -2.47. The summed E-state index contributed by atoms with van der Waals surface area (Å²) < 4.78 is 31.7. The molecule has 0 fully saturated rings. The minimum Gasteiger partial charge on any atom is -0.460 e. The number of hydrogen-bond acceptors (Lipinski definition) is 4. The first-order valence-corrected chi connectivity index (χ1v) is 7.49. The van der Waals surface area contributed by atoms with E-state index >= 15 is 0 Å². The van der Waals surface area contributed by atoms with Crippen molar-refractivity contribution in [3.05, 3.63) is 65.2 Å². The van der Waals surface area contributed by atoms with E-state index in [1.807, 2.05) is 0 Å². The summed E-state index contributed by atoms with van der Waals surface area (Å²) in [5.74, 6) is -3.11. The van der Waals surface area contributed by atoms with Crippen LogP contribution in [0.2, 0.25) is 0 Å². The maximum absolute atomic E-state index is 13.7. The van der Waals surface area contributed by atoms with Crippen LogP contribution in [-0.4, -0.2) is 24.0 Å². The van der Waals surface area contributed by atoms with E-state index in [0.29, 0.717) is 6.07 Å². The number of ether oxygens (including phenoxy) is 1. The van der Waals surface area contributed by atoms with E-state index in [1.54, 1.807) is 32.0 Å². The molecule has 0 spiro atoms. The maximum Gasteiger partial charge on any atom is 0.340 e. The van der Waals surface area contributed by atoms with Gasteiger partial charge in [0.2, 0.25) is 0 Å². The Kier molecular flexibility index (Phi) is 5.36. The molecule has 0 saturated heterocycles. The predicted molar refractivity (Wildman–Crippen MR) is 89.0 cm³/mol. The highest BCUT2D eigenvalue weighted by molar-refractivity contribution is 5.96. The number of nitrogens with one attached hydrogen (secondary N) is 1. The van der Waals surface area contributed by atoms with Crippen LogP contribution in [0.3, 0.4) is 0 Å². The van der Waals surface area contributed by atoms with Gasteiger partial charge in [0.1, 0.15) is 18.2 Å². The fourth-order valence-corrected chi connectivity index (χ4v) is 2.09. The van der Waals surface area contributed by atoms with Crippen LogP contribution in [0, 0.1) is 11.6 Å². The molecule has 2 rings (SSSR count). The molecule has 0 atom stereocenters. The number of halogens is 2. The molecule has 3 N–H and O–H groups in total. The average Bonchev–Trinajstić information content (AvgIpc) is 2.52. The van der Waals surface area contributed by atoms with Crippen LogP contribution in [0.1, 0.15) is 34.6 Å². The SMILES string of the molecule is CC(C)(COC(=O)c1ccccc1N)NC(=O)c1ccc(F)cc1F. The Hall–Kier alpha value is -2.96. The van der Waals surface area contributed by atoms with Gasteiger partial charge in [-0.05, 0) is 38.1 Å². The molecule has 25 heavy (non-hydrogen) atoms. The molecule has 132 valence electrons. The van der Waals surface area contributed by atoms with Crippen LogP contribution < -0.4 is 11.1 Å². The minimum atomic E-state index is -0.975. The van der Waals surface area contributed by atoms with Crippen molar-refractivity contribution < 1.29 is 23.1 Å². The lowest BCUT2D eigenvalue weighted by atomic mass is 10.1. The Morgan fingerprint density at radius 2 is 1.80 bits per heavy atom. The molecule has 5 nitrogen and oxygen atoms in total. The first-order chi connectivity index (χ1) is 11.7. The average molecular weight is 348 g/mol. The molecule has 2 aromatic rings. The molecule has 0 saturated carbocycles. The summed E-state index contributed by atoms with van der Waals surface area (Å²) in [6.45, 7) is 3.05. The molecule has 0 unspecified atom stereocenters. The molecule has 2 aromatic carbocycles.